The van der Waals surface area contributed by atoms with Crippen LogP contribution >= 0.6 is 0 Å². The zero-order valence-electron chi connectivity index (χ0n) is 16.2. The van der Waals surface area contributed by atoms with E-state index in [1.54, 1.807) is 13.8 Å². The van der Waals surface area contributed by atoms with Crippen molar-refractivity contribution in [1.82, 2.24) is 15.1 Å². The minimum absolute atomic E-state index is 0.00726. The fourth-order valence-corrected chi connectivity index (χ4v) is 3.44. The van der Waals surface area contributed by atoms with Gasteiger partial charge in [-0.1, -0.05) is 19.8 Å². The number of urea groups is 1. The molecule has 2 fully saturated rings. The van der Waals surface area contributed by atoms with Crippen LogP contribution in [-0.2, 0) is 19.1 Å². The molecule has 0 bridgehead atoms. The fourth-order valence-electron chi connectivity index (χ4n) is 3.44. The van der Waals surface area contributed by atoms with Gasteiger partial charge < -0.3 is 15.0 Å². The van der Waals surface area contributed by atoms with Gasteiger partial charge in [0.2, 0.25) is 0 Å². The lowest BCUT2D eigenvalue weighted by Gasteiger charge is -2.36. The first-order valence-corrected chi connectivity index (χ1v) is 9.03. The maximum Gasteiger partial charge on any atom is 0.326 e. The zero-order chi connectivity index (χ0) is 20.4. The quantitative estimate of drug-likeness (QED) is 0.558. The number of hydrogen-bond acceptors (Lipinski definition) is 6. The highest BCUT2D eigenvalue weighted by molar-refractivity contribution is 6.09. The average Bonchev–Trinajstić information content (AvgIpc) is 2.86. The number of nitrogens with zero attached hydrogens (tertiary/aromatic N) is 3. The first-order valence-electron chi connectivity index (χ1n) is 9.03. The lowest BCUT2D eigenvalue weighted by molar-refractivity contribution is -0.154. The Balaban J connectivity index is 1.94. The molecule has 1 aliphatic heterocycles. The SMILES string of the molecule is C[C@H]1CCCC[C@]12NC(=O)N(CC(=O)OCC(=O)N(C)C(C)(C)C#N)C2=O. The minimum Gasteiger partial charge on any atom is -0.454 e. The number of hydrogen-bond donors (Lipinski definition) is 1. The van der Waals surface area contributed by atoms with Crippen molar-refractivity contribution in [2.75, 3.05) is 20.2 Å². The maximum atomic E-state index is 12.8. The molecule has 0 unspecified atom stereocenters. The summed E-state index contributed by atoms with van der Waals surface area (Å²) in [4.78, 5) is 51.1. The summed E-state index contributed by atoms with van der Waals surface area (Å²) in [5.41, 5.74) is -1.99. The predicted molar refractivity (Wildman–Crippen MR) is 94.0 cm³/mol. The smallest absolute Gasteiger partial charge is 0.326 e. The molecule has 1 heterocycles. The van der Waals surface area contributed by atoms with E-state index in [2.05, 4.69) is 5.32 Å². The van der Waals surface area contributed by atoms with Crippen LogP contribution in [0.2, 0.25) is 0 Å². The third-order valence-corrected chi connectivity index (χ3v) is 5.63. The molecule has 1 spiro atoms. The Morgan fingerprint density at radius 1 is 1.41 bits per heavy atom. The summed E-state index contributed by atoms with van der Waals surface area (Å²) in [6, 6.07) is 1.36. The van der Waals surface area contributed by atoms with Gasteiger partial charge in [-0.3, -0.25) is 19.3 Å². The molecule has 0 aromatic carbocycles. The summed E-state index contributed by atoms with van der Waals surface area (Å²) in [6.45, 7) is 3.93. The molecule has 1 saturated carbocycles. The van der Waals surface area contributed by atoms with Crippen molar-refractivity contribution in [3.8, 4) is 6.07 Å². The molecule has 0 aromatic heterocycles. The van der Waals surface area contributed by atoms with Crippen molar-refractivity contribution in [2.24, 2.45) is 5.92 Å². The lowest BCUT2D eigenvalue weighted by Crippen LogP contribution is -2.54. The van der Waals surface area contributed by atoms with Crippen LogP contribution in [0, 0.1) is 17.2 Å². The molecular weight excluding hydrogens is 352 g/mol. The van der Waals surface area contributed by atoms with Gasteiger partial charge in [0.15, 0.2) is 6.61 Å². The zero-order valence-corrected chi connectivity index (χ0v) is 16.2. The van der Waals surface area contributed by atoms with Gasteiger partial charge in [-0.05, 0) is 32.6 Å². The van der Waals surface area contributed by atoms with Gasteiger partial charge in [0, 0.05) is 7.05 Å². The molecule has 2 atom stereocenters. The fraction of sp³-hybridized carbons (Fsp3) is 0.722. The van der Waals surface area contributed by atoms with Crippen LogP contribution in [-0.4, -0.2) is 64.9 Å². The van der Waals surface area contributed by atoms with Crippen molar-refractivity contribution in [2.45, 2.75) is 57.5 Å². The highest BCUT2D eigenvalue weighted by Crippen LogP contribution is 2.38. The van der Waals surface area contributed by atoms with Gasteiger partial charge in [0.25, 0.3) is 11.8 Å². The molecule has 9 nitrogen and oxygen atoms in total. The first-order chi connectivity index (χ1) is 12.5. The lowest BCUT2D eigenvalue weighted by atomic mass is 9.73. The summed E-state index contributed by atoms with van der Waals surface area (Å²) >= 11 is 0. The first kappa shape index (κ1) is 20.7. The number of ether oxygens (including phenoxy) is 1. The molecule has 9 heteroatoms. The summed E-state index contributed by atoms with van der Waals surface area (Å²) in [6.07, 6.45) is 3.23. The molecular formula is C18H26N4O5. The minimum atomic E-state index is -1.04. The number of likely N-dealkylation sites (N-methyl/N-ethyl adjacent to an activating group) is 1. The molecule has 4 amide bonds. The third kappa shape index (κ3) is 3.89. The van der Waals surface area contributed by atoms with Crippen molar-refractivity contribution in [3.05, 3.63) is 0 Å². The number of carbonyl (C=O) groups is 4. The topological polar surface area (TPSA) is 120 Å². The number of nitrogens with one attached hydrogen (secondary N) is 1. The van der Waals surface area contributed by atoms with E-state index in [0.717, 1.165) is 24.2 Å². The summed E-state index contributed by atoms with van der Waals surface area (Å²) in [5.74, 6) is -1.82. The number of amides is 4. The van der Waals surface area contributed by atoms with Crippen molar-refractivity contribution in [3.63, 3.8) is 0 Å². The average molecular weight is 378 g/mol. The van der Waals surface area contributed by atoms with Crippen molar-refractivity contribution in [1.29, 1.82) is 5.26 Å². The second-order valence-electron chi connectivity index (χ2n) is 7.72. The van der Waals surface area contributed by atoms with Crippen molar-refractivity contribution >= 4 is 23.8 Å². The number of esters is 1. The number of carbonyl (C=O) groups excluding carboxylic acids is 4. The number of rotatable bonds is 5. The molecule has 148 valence electrons. The molecule has 27 heavy (non-hydrogen) atoms. The van der Waals surface area contributed by atoms with Crippen molar-refractivity contribution < 1.29 is 23.9 Å². The number of imide groups is 1. The third-order valence-electron chi connectivity index (χ3n) is 5.63. The van der Waals surface area contributed by atoms with Crippen LogP contribution in [0.3, 0.4) is 0 Å². The maximum absolute atomic E-state index is 12.8. The molecule has 1 aliphatic carbocycles. The van der Waals surface area contributed by atoms with Crippen LogP contribution in [0.15, 0.2) is 0 Å². The van der Waals surface area contributed by atoms with Crippen LogP contribution in [0.4, 0.5) is 4.79 Å². The van der Waals surface area contributed by atoms with Crippen LogP contribution in [0.25, 0.3) is 0 Å². The molecule has 0 aromatic rings. The molecule has 2 aliphatic rings. The molecule has 0 radical (unpaired) electrons. The number of nitriles is 1. The van der Waals surface area contributed by atoms with Crippen LogP contribution in [0.1, 0.15) is 46.5 Å². The Labute approximate surface area is 158 Å². The molecule has 1 saturated heterocycles. The summed E-state index contributed by atoms with van der Waals surface area (Å²) < 4.78 is 4.91. The van der Waals surface area contributed by atoms with Gasteiger partial charge >= 0.3 is 12.0 Å². The van der Waals surface area contributed by atoms with Gasteiger partial charge in [-0.25, -0.2) is 4.79 Å². The Hall–Kier alpha value is -2.63. The highest BCUT2D eigenvalue weighted by atomic mass is 16.5. The van der Waals surface area contributed by atoms with Gasteiger partial charge in [-0.2, -0.15) is 5.26 Å². The second kappa shape index (κ2) is 7.55. The largest absolute Gasteiger partial charge is 0.454 e. The second-order valence-corrected chi connectivity index (χ2v) is 7.72. The van der Waals surface area contributed by atoms with Gasteiger partial charge in [-0.15, -0.1) is 0 Å². The predicted octanol–water partition coefficient (Wildman–Crippen LogP) is 0.791. The van der Waals surface area contributed by atoms with Gasteiger partial charge in [0.1, 0.15) is 17.6 Å². The normalized spacial score (nSPS) is 25.1. The van der Waals surface area contributed by atoms with Crippen LogP contribution < -0.4 is 5.32 Å². The standard InChI is InChI=1S/C18H26N4O5/c1-12-7-5-6-8-18(12)15(25)22(16(26)20-18)9-14(24)27-10-13(23)21(4)17(2,3)11-19/h12H,5-10H2,1-4H3,(H,20,26)/t12-,18-/m0/s1. The van der Waals surface area contributed by atoms with E-state index in [-0.39, 0.29) is 5.92 Å². The summed E-state index contributed by atoms with van der Waals surface area (Å²) in [7, 11) is 1.44. The monoisotopic (exact) mass is 378 g/mol. The van der Waals surface area contributed by atoms with E-state index in [1.807, 2.05) is 13.0 Å². The summed E-state index contributed by atoms with van der Waals surface area (Å²) in [5, 5.41) is 11.8. The van der Waals surface area contributed by atoms with E-state index in [0.29, 0.717) is 6.42 Å². The molecule has 1 N–H and O–H groups in total. The Bertz CT molecular complexity index is 698. The Morgan fingerprint density at radius 2 is 2.07 bits per heavy atom. The van der Waals surface area contributed by atoms with E-state index in [9.17, 15) is 19.2 Å². The molecule has 2 rings (SSSR count). The van der Waals surface area contributed by atoms with E-state index >= 15 is 0 Å². The Kier molecular flexibility index (Phi) is 5.78. The van der Waals surface area contributed by atoms with Gasteiger partial charge in [0.05, 0.1) is 6.07 Å². The van der Waals surface area contributed by atoms with Crippen LogP contribution in [0.5, 0.6) is 0 Å². The Morgan fingerprint density at radius 3 is 2.67 bits per heavy atom. The van der Waals surface area contributed by atoms with E-state index < -0.39 is 48.0 Å². The van der Waals surface area contributed by atoms with E-state index in [4.69, 9.17) is 10.00 Å². The van der Waals surface area contributed by atoms with E-state index in [1.165, 1.54) is 11.9 Å². The highest BCUT2D eigenvalue weighted by Gasteiger charge is 2.55.